The molecule has 0 bridgehead atoms. The van der Waals surface area contributed by atoms with E-state index in [9.17, 15) is 13.2 Å². The van der Waals surface area contributed by atoms with Gasteiger partial charge in [-0.25, -0.2) is 8.42 Å². The molecule has 2 atom stereocenters. The average Bonchev–Trinajstić information content (AvgIpc) is 3.02. The Morgan fingerprint density at radius 2 is 1.74 bits per heavy atom. The molecule has 1 saturated heterocycles. The quantitative estimate of drug-likeness (QED) is 0.747. The van der Waals surface area contributed by atoms with Crippen molar-refractivity contribution in [2.45, 2.75) is 63.6 Å². The minimum absolute atomic E-state index is 0.0780. The summed E-state index contributed by atoms with van der Waals surface area (Å²) in [6, 6.07) is 10.4. The number of nitrogens with zero attached hydrogens (tertiary/aromatic N) is 2. The zero-order valence-electron chi connectivity index (χ0n) is 16.5. The van der Waals surface area contributed by atoms with E-state index in [2.05, 4.69) is 24.0 Å². The normalized spacial score (nSPS) is 24.0. The zero-order valence-corrected chi connectivity index (χ0v) is 17.3. The van der Waals surface area contributed by atoms with Gasteiger partial charge in [-0.2, -0.15) is 0 Å². The first-order chi connectivity index (χ1) is 12.9. The Kier molecular flexibility index (Phi) is 6.58. The van der Waals surface area contributed by atoms with Crippen LogP contribution in [0, 0.1) is 0 Å². The Balaban J connectivity index is 1.72. The van der Waals surface area contributed by atoms with E-state index in [1.807, 2.05) is 30.1 Å². The minimum atomic E-state index is -3.01. The van der Waals surface area contributed by atoms with Gasteiger partial charge in [0.1, 0.15) is 0 Å². The first-order valence-electron chi connectivity index (χ1n) is 10.1. The molecule has 0 spiro atoms. The molecular formula is C21H32N2O3S. The Bertz CT molecular complexity index is 729. The summed E-state index contributed by atoms with van der Waals surface area (Å²) in [5, 5.41) is 0. The summed E-state index contributed by atoms with van der Waals surface area (Å²) in [7, 11) is -1.04. The molecule has 2 aliphatic rings. The lowest BCUT2D eigenvalue weighted by Crippen LogP contribution is -2.51. The maximum Gasteiger partial charge on any atom is 0.237 e. The molecule has 0 aromatic heterocycles. The largest absolute Gasteiger partial charge is 0.335 e. The van der Waals surface area contributed by atoms with Gasteiger partial charge in [0.2, 0.25) is 5.91 Å². The summed E-state index contributed by atoms with van der Waals surface area (Å²) < 4.78 is 24.0. The van der Waals surface area contributed by atoms with Crippen molar-refractivity contribution in [2.24, 2.45) is 0 Å². The van der Waals surface area contributed by atoms with Crippen molar-refractivity contribution in [3.8, 4) is 0 Å². The van der Waals surface area contributed by atoms with Gasteiger partial charge in [-0.1, -0.05) is 49.6 Å². The molecule has 5 nitrogen and oxygen atoms in total. The maximum atomic E-state index is 13.3. The SMILES string of the molecule is C[C@@H](c1ccccc1)N(C)CC(=O)N(C1CCCCC1)[C@H]1CCS(=O)(=O)C1. The van der Waals surface area contributed by atoms with Crippen molar-refractivity contribution in [1.82, 2.24) is 9.80 Å². The number of hydrogen-bond donors (Lipinski definition) is 0. The van der Waals surface area contributed by atoms with Crippen LogP contribution in [0.5, 0.6) is 0 Å². The lowest BCUT2D eigenvalue weighted by Gasteiger charge is -2.39. The second kappa shape index (κ2) is 8.74. The first-order valence-corrected chi connectivity index (χ1v) is 12.0. The highest BCUT2D eigenvalue weighted by atomic mass is 32.2. The second-order valence-corrected chi connectivity index (χ2v) is 10.4. The fourth-order valence-corrected chi connectivity index (χ4v) is 6.19. The van der Waals surface area contributed by atoms with E-state index in [0.717, 1.165) is 25.7 Å². The van der Waals surface area contributed by atoms with Gasteiger partial charge in [0, 0.05) is 18.1 Å². The van der Waals surface area contributed by atoms with Crippen LogP contribution in [0.15, 0.2) is 30.3 Å². The molecule has 0 unspecified atom stereocenters. The van der Waals surface area contributed by atoms with Gasteiger partial charge in [-0.3, -0.25) is 9.69 Å². The molecule has 150 valence electrons. The lowest BCUT2D eigenvalue weighted by molar-refractivity contribution is -0.138. The highest BCUT2D eigenvalue weighted by Gasteiger charge is 2.38. The Morgan fingerprint density at radius 3 is 2.33 bits per heavy atom. The summed E-state index contributed by atoms with van der Waals surface area (Å²) >= 11 is 0. The summed E-state index contributed by atoms with van der Waals surface area (Å²) in [5.74, 6) is 0.423. The number of sulfone groups is 1. The van der Waals surface area contributed by atoms with Crippen molar-refractivity contribution < 1.29 is 13.2 Å². The Morgan fingerprint density at radius 1 is 1.07 bits per heavy atom. The molecule has 1 heterocycles. The van der Waals surface area contributed by atoms with Crippen LogP contribution in [-0.2, 0) is 14.6 Å². The van der Waals surface area contributed by atoms with E-state index < -0.39 is 9.84 Å². The van der Waals surface area contributed by atoms with Crippen LogP contribution < -0.4 is 0 Å². The average molecular weight is 393 g/mol. The van der Waals surface area contributed by atoms with Crippen molar-refractivity contribution in [3.63, 3.8) is 0 Å². The number of likely N-dealkylation sites (N-methyl/N-ethyl adjacent to an activating group) is 1. The van der Waals surface area contributed by atoms with Gasteiger partial charge in [0.05, 0.1) is 18.1 Å². The Labute approximate surface area is 163 Å². The van der Waals surface area contributed by atoms with Gasteiger partial charge in [0.25, 0.3) is 0 Å². The standard InChI is InChI=1S/C21H32N2O3S/c1-17(18-9-5-3-6-10-18)22(2)15-21(24)23(19-11-7-4-8-12-19)20-13-14-27(25,26)16-20/h3,5-6,9-10,17,19-20H,4,7-8,11-16H2,1-2H3/t17-,20-/m0/s1. The third-order valence-electron chi connectivity index (χ3n) is 6.19. The van der Waals surface area contributed by atoms with Crippen LogP contribution in [0.25, 0.3) is 0 Å². The molecule has 1 aromatic rings. The highest BCUT2D eigenvalue weighted by molar-refractivity contribution is 7.91. The molecule has 6 heteroatoms. The van der Waals surface area contributed by atoms with Crippen molar-refractivity contribution >= 4 is 15.7 Å². The van der Waals surface area contributed by atoms with Crippen LogP contribution in [0.1, 0.15) is 57.1 Å². The fourth-order valence-electron chi connectivity index (χ4n) is 4.48. The topological polar surface area (TPSA) is 57.7 Å². The highest BCUT2D eigenvalue weighted by Crippen LogP contribution is 2.29. The molecule has 0 N–H and O–H groups in total. The van der Waals surface area contributed by atoms with Crippen molar-refractivity contribution in [2.75, 3.05) is 25.1 Å². The molecular weight excluding hydrogens is 360 g/mol. The van der Waals surface area contributed by atoms with Crippen LogP contribution in [0.4, 0.5) is 0 Å². The fraction of sp³-hybridized carbons (Fsp3) is 0.667. The summed E-state index contributed by atoms with van der Waals surface area (Å²) in [6.07, 6.45) is 6.06. The maximum absolute atomic E-state index is 13.3. The van der Waals surface area contributed by atoms with E-state index in [-0.39, 0.29) is 35.5 Å². The van der Waals surface area contributed by atoms with Gasteiger partial charge in [-0.05, 0) is 38.8 Å². The van der Waals surface area contributed by atoms with Gasteiger partial charge in [0.15, 0.2) is 9.84 Å². The molecule has 1 amide bonds. The molecule has 1 saturated carbocycles. The van der Waals surface area contributed by atoms with Crippen LogP contribution >= 0.6 is 0 Å². The summed E-state index contributed by atoms with van der Waals surface area (Å²) in [6.45, 7) is 2.43. The molecule has 1 aliphatic heterocycles. The molecule has 2 fully saturated rings. The van der Waals surface area contributed by atoms with Crippen LogP contribution in [0.3, 0.4) is 0 Å². The van der Waals surface area contributed by atoms with Crippen molar-refractivity contribution in [3.05, 3.63) is 35.9 Å². The predicted molar refractivity (Wildman–Crippen MR) is 108 cm³/mol. The summed E-state index contributed by atoms with van der Waals surface area (Å²) in [4.78, 5) is 17.3. The van der Waals surface area contributed by atoms with Gasteiger partial charge in [-0.15, -0.1) is 0 Å². The van der Waals surface area contributed by atoms with E-state index in [1.54, 1.807) is 0 Å². The zero-order chi connectivity index (χ0) is 19.4. The van der Waals surface area contributed by atoms with E-state index in [1.165, 1.54) is 12.0 Å². The molecule has 0 radical (unpaired) electrons. The number of benzene rings is 1. The van der Waals surface area contributed by atoms with Crippen molar-refractivity contribution in [1.29, 1.82) is 0 Å². The van der Waals surface area contributed by atoms with E-state index in [0.29, 0.717) is 13.0 Å². The predicted octanol–water partition coefficient (Wildman–Crippen LogP) is 3.03. The monoisotopic (exact) mass is 392 g/mol. The number of carbonyl (C=O) groups excluding carboxylic acids is 1. The second-order valence-electron chi connectivity index (χ2n) is 8.15. The van der Waals surface area contributed by atoms with Gasteiger partial charge < -0.3 is 4.90 Å². The van der Waals surface area contributed by atoms with Crippen LogP contribution in [0.2, 0.25) is 0 Å². The number of hydrogen-bond acceptors (Lipinski definition) is 4. The number of carbonyl (C=O) groups is 1. The third kappa shape index (κ3) is 5.11. The Hall–Kier alpha value is -1.40. The molecule has 1 aliphatic carbocycles. The number of amides is 1. The summed E-state index contributed by atoms with van der Waals surface area (Å²) in [5.41, 5.74) is 1.18. The number of rotatable bonds is 6. The van der Waals surface area contributed by atoms with E-state index >= 15 is 0 Å². The smallest absolute Gasteiger partial charge is 0.237 e. The van der Waals surface area contributed by atoms with Crippen LogP contribution in [-0.4, -0.2) is 61.3 Å². The van der Waals surface area contributed by atoms with E-state index in [4.69, 9.17) is 0 Å². The minimum Gasteiger partial charge on any atom is -0.335 e. The first kappa shape index (κ1) is 20.3. The molecule has 1 aromatic carbocycles. The molecule has 27 heavy (non-hydrogen) atoms. The molecule has 3 rings (SSSR count). The van der Waals surface area contributed by atoms with Gasteiger partial charge >= 0.3 is 0 Å². The third-order valence-corrected chi connectivity index (χ3v) is 7.94. The lowest BCUT2D eigenvalue weighted by atomic mass is 9.92.